The zero-order valence-corrected chi connectivity index (χ0v) is 29.4. The molecule has 1 atom stereocenters. The molecule has 0 saturated carbocycles. The van der Waals surface area contributed by atoms with E-state index < -0.39 is 6.23 Å². The molecule has 9 rings (SSSR count). The SMILES string of the molecule is CCCCCCCCCCC(O)n1c2ccc(-n3c4ccccc4c4ccccc43)cc2c2cc(-n3c4ccccc4c4ccccc43)ccc21. The predicted octanol–water partition coefficient (Wildman–Crippen LogP) is 13.0. The van der Waals surface area contributed by atoms with Gasteiger partial charge in [-0.2, -0.15) is 0 Å². The fourth-order valence-corrected chi connectivity index (χ4v) is 8.62. The van der Waals surface area contributed by atoms with E-state index in [0.29, 0.717) is 0 Å². The van der Waals surface area contributed by atoms with Crippen LogP contribution < -0.4 is 0 Å². The minimum absolute atomic E-state index is 0.594. The van der Waals surface area contributed by atoms with Crippen molar-refractivity contribution in [1.29, 1.82) is 0 Å². The lowest BCUT2D eigenvalue weighted by Crippen LogP contribution is -2.08. The Labute approximate surface area is 299 Å². The molecule has 51 heavy (non-hydrogen) atoms. The van der Waals surface area contributed by atoms with E-state index in [1.54, 1.807) is 0 Å². The first-order chi connectivity index (χ1) is 25.2. The second kappa shape index (κ2) is 13.4. The van der Waals surface area contributed by atoms with Crippen molar-refractivity contribution in [3.63, 3.8) is 0 Å². The van der Waals surface area contributed by atoms with E-state index in [-0.39, 0.29) is 0 Å². The van der Waals surface area contributed by atoms with Gasteiger partial charge in [0.15, 0.2) is 0 Å². The number of aliphatic hydroxyl groups excluding tert-OH is 1. The van der Waals surface area contributed by atoms with Gasteiger partial charge in [0, 0.05) is 43.7 Å². The maximum absolute atomic E-state index is 11.9. The molecule has 1 unspecified atom stereocenters. The van der Waals surface area contributed by atoms with Crippen molar-refractivity contribution in [1.82, 2.24) is 13.7 Å². The molecule has 9 aromatic rings. The van der Waals surface area contributed by atoms with E-state index >= 15 is 0 Å². The molecule has 0 aliphatic carbocycles. The van der Waals surface area contributed by atoms with Gasteiger partial charge in [0.2, 0.25) is 0 Å². The highest BCUT2D eigenvalue weighted by molar-refractivity contribution is 6.13. The molecule has 0 amide bonds. The van der Waals surface area contributed by atoms with Crippen LogP contribution in [0.4, 0.5) is 0 Å². The lowest BCUT2D eigenvalue weighted by Gasteiger charge is -2.16. The van der Waals surface area contributed by atoms with Crippen molar-refractivity contribution in [2.24, 2.45) is 0 Å². The minimum atomic E-state index is -0.594. The minimum Gasteiger partial charge on any atom is -0.373 e. The topological polar surface area (TPSA) is 35.0 Å². The number of unbranched alkanes of at least 4 members (excludes halogenated alkanes) is 7. The van der Waals surface area contributed by atoms with Crippen molar-refractivity contribution in [2.75, 3.05) is 0 Å². The summed E-state index contributed by atoms with van der Waals surface area (Å²) >= 11 is 0. The molecule has 4 heteroatoms. The molecule has 0 aliphatic rings. The average molecular weight is 668 g/mol. The van der Waals surface area contributed by atoms with Crippen molar-refractivity contribution in [3.8, 4) is 11.4 Å². The van der Waals surface area contributed by atoms with Gasteiger partial charge in [-0.05, 0) is 73.5 Å². The Balaban J connectivity index is 1.19. The highest BCUT2D eigenvalue weighted by atomic mass is 16.3. The number of nitrogens with zero attached hydrogens (tertiary/aromatic N) is 3. The zero-order chi connectivity index (χ0) is 34.3. The maximum atomic E-state index is 11.9. The maximum Gasteiger partial charge on any atom is 0.131 e. The summed E-state index contributed by atoms with van der Waals surface area (Å²) in [7, 11) is 0. The molecule has 0 bridgehead atoms. The first kappa shape index (κ1) is 31.6. The summed E-state index contributed by atoms with van der Waals surface area (Å²) in [6, 6.07) is 48.4. The number of benzene rings is 6. The molecule has 3 aromatic heterocycles. The summed E-state index contributed by atoms with van der Waals surface area (Å²) in [6.07, 6.45) is 10.2. The van der Waals surface area contributed by atoms with Gasteiger partial charge in [0.05, 0.1) is 33.1 Å². The van der Waals surface area contributed by atoms with Gasteiger partial charge in [-0.25, -0.2) is 0 Å². The van der Waals surface area contributed by atoms with Crippen LogP contribution in [0.25, 0.3) is 76.8 Å². The largest absolute Gasteiger partial charge is 0.373 e. The van der Waals surface area contributed by atoms with Crippen LogP contribution in [0.5, 0.6) is 0 Å². The Bertz CT molecular complexity index is 2390. The second-order valence-electron chi connectivity index (χ2n) is 14.3. The van der Waals surface area contributed by atoms with Crippen LogP contribution in [0.15, 0.2) is 133 Å². The molecule has 6 aromatic carbocycles. The lowest BCUT2D eigenvalue weighted by molar-refractivity contribution is 0.0999. The van der Waals surface area contributed by atoms with E-state index in [1.807, 2.05) is 0 Å². The predicted molar refractivity (Wildman–Crippen MR) is 217 cm³/mol. The van der Waals surface area contributed by atoms with Gasteiger partial charge in [-0.15, -0.1) is 0 Å². The Morgan fingerprint density at radius 3 is 1.20 bits per heavy atom. The quantitative estimate of drug-likeness (QED) is 0.129. The first-order valence-corrected chi connectivity index (χ1v) is 19.0. The second-order valence-corrected chi connectivity index (χ2v) is 14.3. The van der Waals surface area contributed by atoms with Crippen LogP contribution in [0.2, 0.25) is 0 Å². The number of aromatic nitrogens is 3. The highest BCUT2D eigenvalue weighted by Crippen LogP contribution is 2.39. The molecule has 1 N–H and O–H groups in total. The number of hydrogen-bond acceptors (Lipinski definition) is 1. The number of aliphatic hydroxyl groups is 1. The van der Waals surface area contributed by atoms with Crippen molar-refractivity contribution in [2.45, 2.75) is 70.9 Å². The standard InChI is InChI=1S/C47H45N3O/c1-2-3-4-5-6-7-8-9-26-47(51)50-45-29-27-33(48-41-22-14-10-18-35(41)36-19-11-15-23-42(36)48)31-39(45)40-32-34(28-30-46(40)50)49-43-24-16-12-20-37(43)38-21-13-17-25-44(38)49/h10-25,27-32,47,51H,2-9,26H2,1H3. The normalized spacial score (nSPS) is 12.7. The van der Waals surface area contributed by atoms with E-state index in [0.717, 1.165) is 52.4 Å². The molecule has 4 nitrogen and oxygen atoms in total. The lowest BCUT2D eigenvalue weighted by atomic mass is 10.1. The van der Waals surface area contributed by atoms with Gasteiger partial charge < -0.3 is 18.8 Å². The Hall–Kier alpha value is -5.32. The highest BCUT2D eigenvalue weighted by Gasteiger charge is 2.20. The number of fused-ring (bicyclic) bond motifs is 9. The van der Waals surface area contributed by atoms with Crippen LogP contribution in [0.1, 0.15) is 70.9 Å². The first-order valence-electron chi connectivity index (χ1n) is 19.0. The third kappa shape index (κ3) is 5.41. The van der Waals surface area contributed by atoms with E-state index in [2.05, 4.69) is 154 Å². The van der Waals surface area contributed by atoms with Crippen LogP contribution in [-0.2, 0) is 0 Å². The van der Waals surface area contributed by atoms with Gasteiger partial charge in [-0.1, -0.05) is 125 Å². The zero-order valence-electron chi connectivity index (χ0n) is 29.4. The van der Waals surface area contributed by atoms with Crippen LogP contribution in [0.3, 0.4) is 0 Å². The average Bonchev–Trinajstić information content (AvgIpc) is 3.81. The Morgan fingerprint density at radius 1 is 0.412 bits per heavy atom. The molecule has 0 fully saturated rings. The summed E-state index contributed by atoms with van der Waals surface area (Å²) in [5.41, 5.74) is 9.18. The molecular formula is C47H45N3O. The van der Waals surface area contributed by atoms with Crippen LogP contribution >= 0.6 is 0 Å². The monoisotopic (exact) mass is 667 g/mol. The Kier molecular flexibility index (Phi) is 8.33. The smallest absolute Gasteiger partial charge is 0.131 e. The molecule has 3 heterocycles. The summed E-state index contributed by atoms with van der Waals surface area (Å²) in [4.78, 5) is 0. The molecule has 0 radical (unpaired) electrons. The summed E-state index contributed by atoms with van der Waals surface area (Å²) in [5, 5.41) is 19.2. The van der Waals surface area contributed by atoms with Crippen LogP contribution in [-0.4, -0.2) is 18.8 Å². The Morgan fingerprint density at radius 2 is 0.784 bits per heavy atom. The third-order valence-electron chi connectivity index (χ3n) is 11.1. The molecule has 254 valence electrons. The summed E-state index contributed by atoms with van der Waals surface area (Å²) < 4.78 is 6.97. The number of rotatable bonds is 12. The van der Waals surface area contributed by atoms with E-state index in [1.165, 1.54) is 82.1 Å². The van der Waals surface area contributed by atoms with Crippen LogP contribution in [0, 0.1) is 0 Å². The third-order valence-corrected chi connectivity index (χ3v) is 11.1. The molecule has 0 saturated heterocycles. The van der Waals surface area contributed by atoms with Crippen molar-refractivity contribution < 1.29 is 5.11 Å². The molecule has 0 aliphatic heterocycles. The van der Waals surface area contributed by atoms with Crippen molar-refractivity contribution >= 4 is 65.4 Å². The number of hydrogen-bond donors (Lipinski definition) is 1. The molecular weight excluding hydrogens is 623 g/mol. The van der Waals surface area contributed by atoms with Crippen molar-refractivity contribution in [3.05, 3.63) is 133 Å². The number of para-hydroxylation sites is 4. The fourth-order valence-electron chi connectivity index (χ4n) is 8.62. The van der Waals surface area contributed by atoms with E-state index in [4.69, 9.17) is 0 Å². The molecule has 0 spiro atoms. The van der Waals surface area contributed by atoms with E-state index in [9.17, 15) is 5.11 Å². The van der Waals surface area contributed by atoms with Gasteiger partial charge in [0.1, 0.15) is 6.23 Å². The van der Waals surface area contributed by atoms with Gasteiger partial charge >= 0.3 is 0 Å². The fraction of sp³-hybridized carbons (Fsp3) is 0.234. The van der Waals surface area contributed by atoms with Gasteiger partial charge in [0.25, 0.3) is 0 Å². The van der Waals surface area contributed by atoms with Gasteiger partial charge in [-0.3, -0.25) is 0 Å². The summed E-state index contributed by atoms with van der Waals surface area (Å²) in [6.45, 7) is 2.27. The summed E-state index contributed by atoms with van der Waals surface area (Å²) in [5.74, 6) is 0.